The lowest BCUT2D eigenvalue weighted by atomic mass is 9.77. The van der Waals surface area contributed by atoms with E-state index in [1.807, 2.05) is 0 Å². The largest absolute Gasteiger partial charge is 0.438 e. The minimum Gasteiger partial charge on any atom is -0.366 e. The van der Waals surface area contributed by atoms with Crippen molar-refractivity contribution in [3.8, 4) is 0 Å². The number of carbonyl (C=O) groups excluding carboxylic acids is 3. The summed E-state index contributed by atoms with van der Waals surface area (Å²) in [6.07, 6.45) is 89.4. The Morgan fingerprint density at radius 2 is 0.649 bits per heavy atom. The summed E-state index contributed by atoms with van der Waals surface area (Å²) in [6, 6.07) is 0. The summed E-state index contributed by atoms with van der Waals surface area (Å²) in [4.78, 5) is 76.7. The van der Waals surface area contributed by atoms with Crippen LogP contribution in [0.4, 0.5) is 0 Å². The molecule has 5 heterocycles. The van der Waals surface area contributed by atoms with Gasteiger partial charge in [-0.3, -0.25) is 33.4 Å². The molecule has 5 atom stereocenters. The van der Waals surface area contributed by atoms with E-state index in [1.165, 1.54) is 379 Å². The molecule has 0 bridgehead atoms. The molecule has 20 nitrogen and oxygen atoms in total. The zero-order valence-corrected chi connectivity index (χ0v) is 75.8. The Morgan fingerprint density at radius 3 is 0.956 bits per heavy atom. The van der Waals surface area contributed by atoms with Crippen LogP contribution in [0.15, 0.2) is 49.8 Å². The van der Waals surface area contributed by atoms with E-state index in [4.69, 9.17) is 19.0 Å². The van der Waals surface area contributed by atoms with Crippen molar-refractivity contribution < 1.29 is 37.9 Å². The first-order valence-electron chi connectivity index (χ1n) is 48.6. The molecule has 20 heteroatoms. The highest BCUT2D eigenvalue weighted by Gasteiger charge is 2.40. The Kier molecular flexibility index (Phi) is 72.1. The molecule has 0 saturated heterocycles. The molecule has 0 spiro atoms. The molecule has 3 amide bonds. The molecule has 5 unspecified atom stereocenters. The summed E-state index contributed by atoms with van der Waals surface area (Å²) in [6.45, 7) is 24.0. The first-order chi connectivity index (χ1) is 55.6. The molecule has 2 aromatic rings. The van der Waals surface area contributed by atoms with Crippen LogP contribution in [0, 0.1) is 11.3 Å². The average Bonchev–Trinajstić information content (AvgIpc) is 1.74. The molecule has 0 saturated carbocycles. The maximum atomic E-state index is 11.6. The van der Waals surface area contributed by atoms with Crippen LogP contribution in [0.5, 0.6) is 0 Å². The van der Waals surface area contributed by atoms with Crippen LogP contribution in [-0.2, 0) is 34.3 Å². The van der Waals surface area contributed by atoms with Crippen molar-refractivity contribution in [3.05, 3.63) is 32.8 Å². The monoisotopic (exact) mass is 1610 g/mol. The third kappa shape index (κ3) is 58.1. The summed E-state index contributed by atoms with van der Waals surface area (Å²) < 4.78 is 9.33. The van der Waals surface area contributed by atoms with Crippen LogP contribution in [-0.4, -0.2) is 56.3 Å². The molecule has 114 heavy (non-hydrogen) atoms. The normalized spacial score (nSPS) is 15.5. The molecular weight excluding hydrogens is 1430 g/mol. The predicted molar refractivity (Wildman–Crippen MR) is 470 cm³/mol. The van der Waals surface area contributed by atoms with Gasteiger partial charge in [-0.05, 0) is 57.8 Å². The van der Waals surface area contributed by atoms with Crippen LogP contribution < -0.4 is 11.5 Å². The lowest BCUT2D eigenvalue weighted by molar-refractivity contribution is -0.130. The zero-order chi connectivity index (χ0) is 83.3. The number of aromatic amines is 2. The van der Waals surface area contributed by atoms with Gasteiger partial charge in [-0.15, -0.1) is 0 Å². The van der Waals surface area contributed by atoms with Gasteiger partial charge in [-0.1, -0.05) is 487 Å². The van der Waals surface area contributed by atoms with Crippen molar-refractivity contribution >= 4 is 17.7 Å². The van der Waals surface area contributed by atoms with Crippen molar-refractivity contribution in [1.29, 1.82) is 0 Å². The number of nitrogens with one attached hydrogen (secondary N) is 2. The molecule has 3 aliphatic heterocycles. The van der Waals surface area contributed by atoms with Crippen LogP contribution in [0.3, 0.4) is 0 Å². The number of aromatic nitrogens is 4. The standard InChI is InChI=1S/C21H40N2O2.2C19H36N2O2.C18H34N2O2.C17H32N2O2/c1-4-7-8-9-10-11-12-13-14-15-16-17-18-21(5-2,6-3)19-22-20(24)25-23-19;1-4-5-6-7-8-9-10-11-12-13-14-15-16-19(2,3)17-18(22)20-21-23-17;1-3-5-6-7-8-9-10-11-12-13-14-15-16-17(4-2)18-20-19(22)23-21-18;1-3-4-5-6-7-8-9-10-11-12-13-14-15-16(2)17-18(21)19-20-22-17;1-2-3-4-5-6-7-8-9-10-11-12-13-14-15-16-17(20)18-19-21-16/h4-18H2,1-3H3,(H,22,23,24);17H,4-16H2,1-3H3;17H,3-16H2,1-2H3,(H,20,21,22);16-17H,3-15H2,1-2H3;16H,2-15H2,1H3. The van der Waals surface area contributed by atoms with Gasteiger partial charge in [0.1, 0.15) is 0 Å². The van der Waals surface area contributed by atoms with E-state index in [-0.39, 0.29) is 34.5 Å². The van der Waals surface area contributed by atoms with Gasteiger partial charge in [-0.25, -0.2) is 9.59 Å². The predicted octanol–water partition coefficient (Wildman–Crippen LogP) is 30.6. The molecule has 664 valence electrons. The first-order valence-corrected chi connectivity index (χ1v) is 48.6. The highest BCUT2D eigenvalue weighted by atomic mass is 16.7. The minimum absolute atomic E-state index is 0.0232. The Labute approximate surface area is 696 Å². The third-order valence-electron chi connectivity index (χ3n) is 24.2. The Bertz CT molecular complexity index is 2680. The number of hydrogen-bond acceptors (Lipinski definition) is 15. The highest BCUT2D eigenvalue weighted by molar-refractivity contribution is 5.83. The number of unbranched alkanes of at least 4 members (excludes halogenated alkanes) is 56. The molecule has 0 radical (unpaired) electrons. The fourth-order valence-electron chi connectivity index (χ4n) is 16.0. The van der Waals surface area contributed by atoms with Crippen molar-refractivity contribution in [2.75, 3.05) is 0 Å². The highest BCUT2D eigenvalue weighted by Crippen LogP contribution is 2.36. The van der Waals surface area contributed by atoms with Gasteiger partial charge in [0.05, 0.1) is 0 Å². The van der Waals surface area contributed by atoms with Crippen molar-refractivity contribution in [1.82, 2.24) is 20.3 Å². The van der Waals surface area contributed by atoms with E-state index >= 15 is 0 Å². The summed E-state index contributed by atoms with van der Waals surface area (Å²) in [5.41, 5.74) is -0.191. The van der Waals surface area contributed by atoms with Crippen molar-refractivity contribution in [3.63, 3.8) is 0 Å². The number of amides is 3. The van der Waals surface area contributed by atoms with E-state index in [2.05, 4.69) is 132 Å². The fraction of sp³-hybridized carbons (Fsp3) is 0.926. The van der Waals surface area contributed by atoms with E-state index in [0.717, 1.165) is 75.9 Å². The van der Waals surface area contributed by atoms with Gasteiger partial charge in [0.25, 0.3) is 0 Å². The van der Waals surface area contributed by atoms with Gasteiger partial charge in [-0.2, -0.15) is 0 Å². The van der Waals surface area contributed by atoms with Crippen molar-refractivity contribution in [2.45, 2.75) is 549 Å². The van der Waals surface area contributed by atoms with Crippen LogP contribution in [0.25, 0.3) is 0 Å². The van der Waals surface area contributed by atoms with Crippen LogP contribution in [0.1, 0.15) is 537 Å². The SMILES string of the molecule is CCCCCCCCCCCCCCC(C)(C)C1ON=NC1=O.CCCCCCCCCCCCCCC(C)C1ON=NC1=O.CCCCCCCCCCCCCCC(CC)(CC)c1noc(=O)[nH]1.CCCCCCCCCCCCCCC(CC)c1noc(=O)[nH]1.CCCCCCCCCCCCCCCC1ON=NC1=O. The topological polar surface area (TPSA) is 271 Å². The molecule has 3 aliphatic rings. The zero-order valence-electron chi connectivity index (χ0n) is 75.8. The quantitative estimate of drug-likeness (QED) is 0.0585. The minimum atomic E-state index is -0.477. The van der Waals surface area contributed by atoms with Gasteiger partial charge < -0.3 is 14.5 Å². The number of carbonyl (C=O) groups is 3. The molecule has 0 aliphatic carbocycles. The van der Waals surface area contributed by atoms with Crippen LogP contribution in [0.2, 0.25) is 0 Å². The average molecular weight is 1610 g/mol. The number of H-pyrrole nitrogens is 2. The maximum absolute atomic E-state index is 11.6. The van der Waals surface area contributed by atoms with Gasteiger partial charge in [0.15, 0.2) is 11.6 Å². The summed E-state index contributed by atoms with van der Waals surface area (Å²) >= 11 is 0. The van der Waals surface area contributed by atoms with E-state index < -0.39 is 29.8 Å². The number of hydrogen-bond donors (Lipinski definition) is 2. The van der Waals surface area contributed by atoms with Crippen molar-refractivity contribution in [2.24, 2.45) is 42.5 Å². The van der Waals surface area contributed by atoms with E-state index in [9.17, 15) is 24.0 Å². The van der Waals surface area contributed by atoms with E-state index in [1.54, 1.807) is 0 Å². The molecular formula is C94H178N10O10. The Balaban J connectivity index is 0.000000713. The first kappa shape index (κ1) is 107. The summed E-state index contributed by atoms with van der Waals surface area (Å²) in [5, 5.41) is 28.1. The molecule has 5 rings (SSSR count). The van der Waals surface area contributed by atoms with Gasteiger partial charge in [0, 0.05) is 38.5 Å². The summed E-state index contributed by atoms with van der Waals surface area (Å²) in [5.74, 6) is 0.500. The van der Waals surface area contributed by atoms with Gasteiger partial charge in [0.2, 0.25) is 18.3 Å². The van der Waals surface area contributed by atoms with E-state index in [0.29, 0.717) is 5.92 Å². The maximum Gasteiger partial charge on any atom is 0.438 e. The number of nitrogens with zero attached hydrogens (tertiary/aromatic N) is 8. The molecule has 0 fully saturated rings. The Hall–Kier alpha value is -4.91. The third-order valence-corrected chi connectivity index (χ3v) is 24.2. The van der Waals surface area contributed by atoms with Gasteiger partial charge >= 0.3 is 29.2 Å². The second-order valence-corrected chi connectivity index (χ2v) is 34.8. The summed E-state index contributed by atoms with van der Waals surface area (Å²) in [7, 11) is 0. The number of rotatable bonds is 73. The second kappa shape index (κ2) is 76.7. The Morgan fingerprint density at radius 1 is 0.333 bits per heavy atom. The lowest BCUT2D eigenvalue weighted by Crippen LogP contribution is -2.34. The second-order valence-electron chi connectivity index (χ2n) is 34.8. The molecule has 0 aromatic carbocycles. The van der Waals surface area contributed by atoms with Crippen LogP contribution >= 0.6 is 0 Å². The lowest BCUT2D eigenvalue weighted by Gasteiger charge is -2.28. The molecule has 2 aromatic heterocycles. The fourth-order valence-corrected chi connectivity index (χ4v) is 16.0. The molecule has 2 N–H and O–H groups in total. The smallest absolute Gasteiger partial charge is 0.366 e.